The maximum Gasteiger partial charge on any atom is 0.408 e. The SMILES string of the molecule is CC(C)(C)OC(=O)N[C@]1(C(=O)OC(C)(C)C)[C@@H]2[C@@H](C(=O)OC(C)(C)C)[C@@H]2[C@H](O)[C@H]1CSc1ccc(Cl)c(Cl)c1. The van der Waals surface area contributed by atoms with E-state index in [1.165, 1.54) is 11.8 Å². The van der Waals surface area contributed by atoms with Gasteiger partial charge in [0.1, 0.15) is 16.8 Å². The molecule has 0 spiro atoms. The Balaban J connectivity index is 2.05. The first kappa shape index (κ1) is 31.8. The molecule has 2 saturated carbocycles. The number of rotatable bonds is 6. The molecular weight excluding hydrogens is 565 g/mol. The van der Waals surface area contributed by atoms with Crippen LogP contribution in [-0.4, -0.2) is 57.3 Å². The first-order chi connectivity index (χ1) is 17.7. The van der Waals surface area contributed by atoms with Gasteiger partial charge >= 0.3 is 18.0 Å². The number of alkyl carbamates (subject to hydrolysis) is 1. The van der Waals surface area contributed by atoms with E-state index < -0.39 is 70.1 Å². The van der Waals surface area contributed by atoms with Gasteiger partial charge in [-0.15, -0.1) is 11.8 Å². The Morgan fingerprint density at radius 2 is 1.49 bits per heavy atom. The van der Waals surface area contributed by atoms with Gasteiger partial charge in [-0.25, -0.2) is 9.59 Å². The van der Waals surface area contributed by atoms with Crippen LogP contribution in [-0.2, 0) is 23.8 Å². The normalized spacial score (nSPS) is 28.4. The van der Waals surface area contributed by atoms with Gasteiger partial charge < -0.3 is 24.6 Å². The number of carbonyl (C=O) groups is 3. The summed E-state index contributed by atoms with van der Waals surface area (Å²) in [6.07, 6.45) is -1.95. The lowest BCUT2D eigenvalue weighted by atomic mass is 9.80. The molecule has 0 heterocycles. The van der Waals surface area contributed by atoms with Crippen molar-refractivity contribution in [1.29, 1.82) is 0 Å². The number of aliphatic hydroxyl groups is 1. The van der Waals surface area contributed by atoms with E-state index in [1.54, 1.807) is 80.5 Å². The largest absolute Gasteiger partial charge is 0.460 e. The van der Waals surface area contributed by atoms with E-state index in [0.29, 0.717) is 10.0 Å². The van der Waals surface area contributed by atoms with Gasteiger partial charge in [-0.1, -0.05) is 23.2 Å². The molecule has 0 radical (unpaired) electrons. The lowest BCUT2D eigenvalue weighted by Gasteiger charge is -2.40. The number of halogens is 2. The molecule has 11 heteroatoms. The van der Waals surface area contributed by atoms with Gasteiger partial charge in [0.15, 0.2) is 5.54 Å². The first-order valence-corrected chi connectivity index (χ1v) is 14.6. The fraction of sp³-hybridized carbons (Fsp3) is 0.679. The zero-order chi connectivity index (χ0) is 29.7. The van der Waals surface area contributed by atoms with Crippen molar-refractivity contribution in [2.45, 2.75) is 95.7 Å². The topological polar surface area (TPSA) is 111 Å². The number of nitrogens with one attached hydrogen (secondary N) is 1. The van der Waals surface area contributed by atoms with E-state index in [-0.39, 0.29) is 5.75 Å². The highest BCUT2D eigenvalue weighted by atomic mass is 35.5. The molecule has 2 aliphatic rings. The summed E-state index contributed by atoms with van der Waals surface area (Å²) in [5.74, 6) is -4.03. The molecule has 218 valence electrons. The van der Waals surface area contributed by atoms with E-state index in [2.05, 4.69) is 5.32 Å². The van der Waals surface area contributed by atoms with E-state index >= 15 is 0 Å². The second-order valence-corrected chi connectivity index (χ2v) is 15.1. The number of ether oxygens (including phenoxy) is 3. The molecule has 2 N–H and O–H groups in total. The quantitative estimate of drug-likeness (QED) is 0.235. The van der Waals surface area contributed by atoms with Crippen molar-refractivity contribution in [1.82, 2.24) is 5.32 Å². The fourth-order valence-corrected chi connectivity index (χ4v) is 6.70. The molecule has 1 amide bonds. The lowest BCUT2D eigenvalue weighted by Crippen LogP contribution is -2.64. The molecular formula is C28H39Cl2NO7S. The number of aliphatic hydroxyl groups excluding tert-OH is 1. The third-order valence-electron chi connectivity index (χ3n) is 6.44. The third-order valence-corrected chi connectivity index (χ3v) is 8.29. The fourth-order valence-electron chi connectivity index (χ4n) is 5.14. The van der Waals surface area contributed by atoms with Gasteiger partial charge in [-0.3, -0.25) is 4.79 Å². The average Bonchev–Trinajstić information content (AvgIpc) is 3.42. The van der Waals surface area contributed by atoms with E-state index in [0.717, 1.165) is 4.90 Å². The van der Waals surface area contributed by atoms with Crippen LogP contribution >= 0.6 is 35.0 Å². The predicted molar refractivity (Wildman–Crippen MR) is 151 cm³/mol. The number of benzene rings is 1. The van der Waals surface area contributed by atoms with Crippen LogP contribution in [0.2, 0.25) is 10.0 Å². The summed E-state index contributed by atoms with van der Waals surface area (Å²) in [4.78, 5) is 41.2. The van der Waals surface area contributed by atoms with Crippen LogP contribution in [0.25, 0.3) is 0 Å². The molecule has 39 heavy (non-hydrogen) atoms. The minimum Gasteiger partial charge on any atom is -0.460 e. The average molecular weight is 605 g/mol. The van der Waals surface area contributed by atoms with Crippen LogP contribution in [0.15, 0.2) is 23.1 Å². The summed E-state index contributed by atoms with van der Waals surface area (Å²) in [5, 5.41) is 15.1. The summed E-state index contributed by atoms with van der Waals surface area (Å²) in [6.45, 7) is 15.5. The minimum absolute atomic E-state index is 0.211. The van der Waals surface area contributed by atoms with Crippen LogP contribution < -0.4 is 5.32 Å². The van der Waals surface area contributed by atoms with Gasteiger partial charge in [-0.2, -0.15) is 0 Å². The second kappa shape index (κ2) is 11.0. The molecule has 2 fully saturated rings. The zero-order valence-corrected chi connectivity index (χ0v) is 26.2. The highest BCUT2D eigenvalue weighted by Gasteiger charge is 2.80. The molecule has 0 bridgehead atoms. The summed E-state index contributed by atoms with van der Waals surface area (Å²) in [7, 11) is 0. The Morgan fingerprint density at radius 1 is 0.923 bits per heavy atom. The van der Waals surface area contributed by atoms with Crippen LogP contribution in [0.5, 0.6) is 0 Å². The molecule has 0 aliphatic heterocycles. The number of amides is 1. The standard InChI is InChI=1S/C28H39Cl2NO7S/c1-25(2,3)36-22(33)19-18-20(19)28(23(34)37-26(4,5)6,31-24(35)38-27(7,8)9)15(21(18)32)13-39-14-10-11-16(29)17(30)12-14/h10-12,15,18-21,32H,13H2,1-9H3,(H,31,35)/t15-,18+,19+,20+,21-,28+/m1/s1. The van der Waals surface area contributed by atoms with Crippen molar-refractivity contribution in [3.63, 3.8) is 0 Å². The lowest BCUT2D eigenvalue weighted by molar-refractivity contribution is -0.169. The monoisotopic (exact) mass is 603 g/mol. The van der Waals surface area contributed by atoms with E-state index in [4.69, 9.17) is 37.4 Å². The Kier molecular flexibility index (Phi) is 8.94. The highest BCUT2D eigenvalue weighted by Crippen LogP contribution is 2.66. The van der Waals surface area contributed by atoms with Crippen molar-refractivity contribution >= 4 is 53.0 Å². The Labute approximate surface area is 244 Å². The maximum atomic E-state index is 14.0. The van der Waals surface area contributed by atoms with Crippen LogP contribution in [0.1, 0.15) is 62.3 Å². The molecule has 6 atom stereocenters. The van der Waals surface area contributed by atoms with Gasteiger partial charge in [0.25, 0.3) is 0 Å². The molecule has 3 rings (SSSR count). The summed E-state index contributed by atoms with van der Waals surface area (Å²) >= 11 is 13.6. The maximum absolute atomic E-state index is 14.0. The number of esters is 2. The number of fused-ring (bicyclic) bond motifs is 1. The summed E-state index contributed by atoms with van der Waals surface area (Å²) in [5.41, 5.74) is -4.27. The number of hydrogen-bond donors (Lipinski definition) is 2. The smallest absolute Gasteiger partial charge is 0.408 e. The summed E-state index contributed by atoms with van der Waals surface area (Å²) < 4.78 is 17.0. The molecule has 0 saturated heterocycles. The van der Waals surface area contributed by atoms with Crippen molar-refractivity contribution in [3.05, 3.63) is 28.2 Å². The van der Waals surface area contributed by atoms with Crippen molar-refractivity contribution in [2.75, 3.05) is 5.75 Å². The van der Waals surface area contributed by atoms with E-state index in [9.17, 15) is 19.5 Å². The van der Waals surface area contributed by atoms with Crippen LogP contribution in [0.4, 0.5) is 4.79 Å². The van der Waals surface area contributed by atoms with Gasteiger partial charge in [0.05, 0.1) is 22.1 Å². The molecule has 1 aromatic rings. The number of thioether (sulfide) groups is 1. The van der Waals surface area contributed by atoms with Gasteiger partial charge in [-0.05, 0) is 80.5 Å². The van der Waals surface area contributed by atoms with Crippen LogP contribution in [0, 0.1) is 23.7 Å². The zero-order valence-electron chi connectivity index (χ0n) is 23.9. The van der Waals surface area contributed by atoms with Crippen molar-refractivity contribution < 1.29 is 33.7 Å². The predicted octanol–water partition coefficient (Wildman–Crippen LogP) is 5.89. The number of carbonyl (C=O) groups excluding carboxylic acids is 3. The summed E-state index contributed by atoms with van der Waals surface area (Å²) in [6, 6.07) is 5.13. The van der Waals surface area contributed by atoms with Crippen molar-refractivity contribution in [2.24, 2.45) is 23.7 Å². The molecule has 0 aromatic heterocycles. The molecule has 2 aliphatic carbocycles. The van der Waals surface area contributed by atoms with Crippen LogP contribution in [0.3, 0.4) is 0 Å². The highest BCUT2D eigenvalue weighted by molar-refractivity contribution is 7.99. The Bertz CT molecular complexity index is 1120. The Hall–Kier alpha value is -1.68. The van der Waals surface area contributed by atoms with E-state index in [1.807, 2.05) is 0 Å². The number of hydrogen-bond acceptors (Lipinski definition) is 8. The molecule has 8 nitrogen and oxygen atoms in total. The molecule has 0 unspecified atom stereocenters. The minimum atomic E-state index is -1.75. The molecule has 1 aromatic carbocycles. The Morgan fingerprint density at radius 3 is 2.00 bits per heavy atom. The second-order valence-electron chi connectivity index (χ2n) is 13.1. The van der Waals surface area contributed by atoms with Crippen molar-refractivity contribution in [3.8, 4) is 0 Å². The van der Waals surface area contributed by atoms with Gasteiger partial charge in [0.2, 0.25) is 0 Å². The first-order valence-electron chi connectivity index (χ1n) is 12.9. The van der Waals surface area contributed by atoms with Gasteiger partial charge in [0, 0.05) is 28.4 Å². The third kappa shape index (κ3) is 7.34.